The quantitative estimate of drug-likeness (QED) is 0.863. The number of anilines is 1. The van der Waals surface area contributed by atoms with Crippen LogP contribution in [0.3, 0.4) is 0 Å². The third-order valence-electron chi connectivity index (χ3n) is 3.85. The molecule has 0 radical (unpaired) electrons. The van der Waals surface area contributed by atoms with Crippen LogP contribution in [0.5, 0.6) is 0 Å². The number of hydrogen-bond acceptors (Lipinski definition) is 2. The van der Waals surface area contributed by atoms with Gasteiger partial charge in [0.1, 0.15) is 11.6 Å². The molecule has 0 spiro atoms. The monoisotopic (exact) mass is 271 g/mol. The van der Waals surface area contributed by atoms with Crippen LogP contribution in [-0.4, -0.2) is 9.55 Å². The fraction of sp³-hybridized carbons (Fsp3) is 0.471. The van der Waals surface area contributed by atoms with Crippen molar-refractivity contribution in [2.24, 2.45) is 0 Å². The fourth-order valence-electron chi connectivity index (χ4n) is 2.45. The molecule has 3 nitrogen and oxygen atoms in total. The van der Waals surface area contributed by atoms with E-state index in [9.17, 15) is 0 Å². The van der Waals surface area contributed by atoms with Gasteiger partial charge < -0.3 is 10.3 Å². The second-order valence-corrected chi connectivity index (χ2v) is 5.43. The Labute approximate surface area is 121 Å². The summed E-state index contributed by atoms with van der Waals surface area (Å²) in [7, 11) is 0. The van der Waals surface area contributed by atoms with Gasteiger partial charge in [0.2, 0.25) is 0 Å². The molecular formula is C17H25N3. The van der Waals surface area contributed by atoms with E-state index in [-0.39, 0.29) is 0 Å². The molecule has 0 saturated carbocycles. The van der Waals surface area contributed by atoms with Crippen molar-refractivity contribution < 1.29 is 0 Å². The summed E-state index contributed by atoms with van der Waals surface area (Å²) < 4.78 is 2.18. The Morgan fingerprint density at radius 1 is 1.20 bits per heavy atom. The second kappa shape index (κ2) is 6.60. The summed E-state index contributed by atoms with van der Waals surface area (Å²) in [5, 5.41) is 0. The average molecular weight is 271 g/mol. The van der Waals surface area contributed by atoms with E-state index in [1.807, 2.05) is 6.07 Å². The zero-order chi connectivity index (χ0) is 14.5. The van der Waals surface area contributed by atoms with Crippen LogP contribution in [0.1, 0.15) is 56.6 Å². The van der Waals surface area contributed by atoms with Gasteiger partial charge in [-0.15, -0.1) is 0 Å². The van der Waals surface area contributed by atoms with E-state index in [0.29, 0.717) is 5.92 Å². The molecule has 2 aromatic rings. The maximum Gasteiger partial charge on any atom is 0.127 e. The number of imidazole rings is 1. The van der Waals surface area contributed by atoms with Crippen molar-refractivity contribution in [1.82, 2.24) is 9.55 Å². The molecule has 0 aliphatic heterocycles. The summed E-state index contributed by atoms with van der Waals surface area (Å²) >= 11 is 0. The van der Waals surface area contributed by atoms with Gasteiger partial charge in [-0.25, -0.2) is 4.98 Å². The number of benzene rings is 1. The highest BCUT2D eigenvalue weighted by Gasteiger charge is 2.18. The first-order valence-electron chi connectivity index (χ1n) is 7.56. The van der Waals surface area contributed by atoms with Gasteiger partial charge in [0, 0.05) is 12.3 Å². The van der Waals surface area contributed by atoms with Gasteiger partial charge in [0.15, 0.2) is 0 Å². The Morgan fingerprint density at radius 2 is 1.90 bits per heavy atom. The lowest BCUT2D eigenvalue weighted by Gasteiger charge is -2.10. The first kappa shape index (κ1) is 14.6. The van der Waals surface area contributed by atoms with Crippen molar-refractivity contribution in [3.63, 3.8) is 0 Å². The van der Waals surface area contributed by atoms with Crippen molar-refractivity contribution in [3.05, 3.63) is 47.4 Å². The number of aryl methyl sites for hydroxylation is 1. The topological polar surface area (TPSA) is 43.8 Å². The molecule has 0 bridgehead atoms. The van der Waals surface area contributed by atoms with Crippen LogP contribution in [0, 0.1) is 0 Å². The lowest BCUT2D eigenvalue weighted by Crippen LogP contribution is -2.09. The number of nitrogens with zero attached hydrogens (tertiary/aromatic N) is 2. The molecule has 1 atom stereocenters. The average Bonchev–Trinajstić information content (AvgIpc) is 2.77. The lowest BCUT2D eigenvalue weighted by atomic mass is 10.1. The lowest BCUT2D eigenvalue weighted by molar-refractivity contribution is 0.704. The SMILES string of the molecule is CCCc1nc(C(C)CC)c(N)n1Cc1ccccc1. The van der Waals surface area contributed by atoms with Gasteiger partial charge in [-0.3, -0.25) is 0 Å². The first-order chi connectivity index (χ1) is 9.67. The van der Waals surface area contributed by atoms with Crippen LogP contribution in [0.25, 0.3) is 0 Å². The van der Waals surface area contributed by atoms with E-state index in [0.717, 1.165) is 43.1 Å². The molecule has 0 aliphatic carbocycles. The van der Waals surface area contributed by atoms with Crippen molar-refractivity contribution in [2.75, 3.05) is 5.73 Å². The fourth-order valence-corrected chi connectivity index (χ4v) is 2.45. The Kier molecular flexibility index (Phi) is 4.83. The molecule has 20 heavy (non-hydrogen) atoms. The van der Waals surface area contributed by atoms with Gasteiger partial charge in [-0.05, 0) is 18.4 Å². The zero-order valence-electron chi connectivity index (χ0n) is 12.8. The van der Waals surface area contributed by atoms with Gasteiger partial charge in [0.25, 0.3) is 0 Å². The molecule has 0 aliphatic rings. The molecule has 1 aromatic carbocycles. The summed E-state index contributed by atoms with van der Waals surface area (Å²) in [6, 6.07) is 10.4. The molecule has 1 unspecified atom stereocenters. The number of nitrogens with two attached hydrogens (primary N) is 1. The van der Waals surface area contributed by atoms with Crippen molar-refractivity contribution in [3.8, 4) is 0 Å². The highest BCUT2D eigenvalue weighted by atomic mass is 15.1. The molecule has 108 valence electrons. The normalized spacial score (nSPS) is 12.6. The van der Waals surface area contributed by atoms with E-state index in [1.54, 1.807) is 0 Å². The molecule has 0 saturated heterocycles. The summed E-state index contributed by atoms with van der Waals surface area (Å²) in [6.45, 7) is 7.37. The van der Waals surface area contributed by atoms with Crippen LogP contribution in [-0.2, 0) is 13.0 Å². The number of hydrogen-bond donors (Lipinski definition) is 1. The Balaban J connectivity index is 2.36. The molecule has 0 amide bonds. The van der Waals surface area contributed by atoms with Gasteiger partial charge in [0.05, 0.1) is 12.2 Å². The summed E-state index contributed by atoms with van der Waals surface area (Å²) in [6.07, 6.45) is 3.14. The van der Waals surface area contributed by atoms with Crippen LogP contribution in [0.4, 0.5) is 5.82 Å². The first-order valence-corrected chi connectivity index (χ1v) is 7.56. The predicted molar refractivity (Wildman–Crippen MR) is 84.9 cm³/mol. The number of aromatic nitrogens is 2. The zero-order valence-corrected chi connectivity index (χ0v) is 12.8. The third-order valence-corrected chi connectivity index (χ3v) is 3.85. The molecule has 0 fully saturated rings. The van der Waals surface area contributed by atoms with Crippen LogP contribution in [0.2, 0.25) is 0 Å². The smallest absolute Gasteiger partial charge is 0.127 e. The summed E-state index contributed by atoms with van der Waals surface area (Å²) in [5.41, 5.74) is 8.69. The molecule has 1 heterocycles. The minimum absolute atomic E-state index is 0.419. The molecular weight excluding hydrogens is 246 g/mol. The molecule has 2 N–H and O–H groups in total. The van der Waals surface area contributed by atoms with Gasteiger partial charge in [-0.2, -0.15) is 0 Å². The number of rotatable bonds is 6. The van der Waals surface area contributed by atoms with Crippen LogP contribution >= 0.6 is 0 Å². The molecule has 2 rings (SSSR count). The van der Waals surface area contributed by atoms with E-state index in [1.165, 1.54) is 5.56 Å². The van der Waals surface area contributed by atoms with Crippen LogP contribution < -0.4 is 5.73 Å². The summed E-state index contributed by atoms with van der Waals surface area (Å²) in [5.74, 6) is 2.37. The third kappa shape index (κ3) is 3.03. The van der Waals surface area contributed by atoms with E-state index in [4.69, 9.17) is 10.7 Å². The molecule has 1 aromatic heterocycles. The van der Waals surface area contributed by atoms with Crippen molar-refractivity contribution >= 4 is 5.82 Å². The Hall–Kier alpha value is -1.77. The standard InChI is InChI=1S/C17H25N3/c1-4-9-15-19-16(13(3)5-2)17(18)20(15)12-14-10-7-6-8-11-14/h6-8,10-11,13H,4-5,9,12,18H2,1-3H3. The van der Waals surface area contributed by atoms with Crippen molar-refractivity contribution in [1.29, 1.82) is 0 Å². The minimum Gasteiger partial charge on any atom is -0.384 e. The number of nitrogen functional groups attached to an aromatic ring is 1. The molecule has 3 heteroatoms. The highest BCUT2D eigenvalue weighted by Crippen LogP contribution is 2.26. The minimum atomic E-state index is 0.419. The van der Waals surface area contributed by atoms with E-state index < -0.39 is 0 Å². The second-order valence-electron chi connectivity index (χ2n) is 5.43. The maximum atomic E-state index is 6.36. The van der Waals surface area contributed by atoms with Crippen molar-refractivity contribution in [2.45, 2.75) is 52.5 Å². The van der Waals surface area contributed by atoms with Gasteiger partial charge in [-0.1, -0.05) is 51.1 Å². The predicted octanol–water partition coefficient (Wildman–Crippen LogP) is 3.98. The van der Waals surface area contributed by atoms with Crippen LogP contribution in [0.15, 0.2) is 30.3 Å². The van der Waals surface area contributed by atoms with E-state index in [2.05, 4.69) is 49.6 Å². The maximum absolute atomic E-state index is 6.36. The van der Waals surface area contributed by atoms with E-state index >= 15 is 0 Å². The summed E-state index contributed by atoms with van der Waals surface area (Å²) in [4.78, 5) is 4.80. The highest BCUT2D eigenvalue weighted by molar-refractivity contribution is 5.41. The largest absolute Gasteiger partial charge is 0.384 e. The van der Waals surface area contributed by atoms with Gasteiger partial charge >= 0.3 is 0 Å². The Bertz CT molecular complexity index is 543. The Morgan fingerprint density at radius 3 is 2.50 bits per heavy atom.